The van der Waals surface area contributed by atoms with Crippen molar-refractivity contribution in [2.75, 3.05) is 6.54 Å². The van der Waals surface area contributed by atoms with Crippen molar-refractivity contribution < 1.29 is 31.5 Å². The van der Waals surface area contributed by atoms with Crippen LogP contribution in [0.25, 0.3) is 0 Å². The topological polar surface area (TPSA) is 95.5 Å². The molecular formula is C7H13F3N2O4S. The first kappa shape index (κ1) is 16.1. The molecule has 0 heterocycles. The molecule has 0 aromatic heterocycles. The van der Waals surface area contributed by atoms with Crippen LogP contribution in [-0.4, -0.2) is 37.8 Å². The first-order valence-electron chi connectivity index (χ1n) is 4.50. The summed E-state index contributed by atoms with van der Waals surface area (Å²) in [5.74, 6) is -1.47. The van der Waals surface area contributed by atoms with Gasteiger partial charge in [0.15, 0.2) is 0 Å². The van der Waals surface area contributed by atoms with Crippen LogP contribution in [-0.2, 0) is 15.0 Å². The summed E-state index contributed by atoms with van der Waals surface area (Å²) >= 11 is 0. The monoisotopic (exact) mass is 278 g/mol. The number of halogens is 3. The molecule has 0 aliphatic carbocycles. The highest BCUT2D eigenvalue weighted by atomic mass is 32.2. The molecule has 0 bridgehead atoms. The van der Waals surface area contributed by atoms with E-state index < -0.39 is 34.4 Å². The van der Waals surface area contributed by atoms with Gasteiger partial charge in [-0.3, -0.25) is 4.79 Å². The van der Waals surface area contributed by atoms with Crippen LogP contribution in [0.1, 0.15) is 20.3 Å². The molecule has 3 N–H and O–H groups in total. The Morgan fingerprint density at radius 3 is 2.12 bits per heavy atom. The highest BCUT2D eigenvalue weighted by Crippen LogP contribution is 2.14. The molecule has 102 valence electrons. The molecule has 0 rings (SSSR count). The van der Waals surface area contributed by atoms with Crippen LogP contribution in [0.4, 0.5) is 13.2 Å². The molecule has 0 spiro atoms. The van der Waals surface area contributed by atoms with Gasteiger partial charge in [0.05, 0.1) is 0 Å². The number of carboxylic acid groups (broad SMARTS) is 1. The minimum atomic E-state index is -4.71. The van der Waals surface area contributed by atoms with E-state index in [9.17, 15) is 26.4 Å². The second kappa shape index (κ2) is 5.19. The quantitative estimate of drug-likeness (QED) is 0.648. The molecule has 0 aromatic carbocycles. The van der Waals surface area contributed by atoms with E-state index in [1.165, 1.54) is 11.6 Å². The van der Waals surface area contributed by atoms with Gasteiger partial charge in [-0.1, -0.05) is 6.92 Å². The van der Waals surface area contributed by atoms with Crippen LogP contribution in [0, 0.1) is 0 Å². The maximum atomic E-state index is 11.8. The fourth-order valence-corrected chi connectivity index (χ4v) is 2.03. The van der Waals surface area contributed by atoms with E-state index in [1.807, 2.05) is 0 Å². The van der Waals surface area contributed by atoms with Gasteiger partial charge in [-0.15, -0.1) is 0 Å². The number of aliphatic carboxylic acids is 1. The standard InChI is InChI=1S/C7H13F3N2O4S/c1-3-6(2,5(13)14)12-17(15,16)11-4-7(8,9)10/h11-12H,3-4H2,1-2H3,(H,13,14). The van der Waals surface area contributed by atoms with Crippen molar-refractivity contribution in [3.8, 4) is 0 Å². The number of nitrogens with one attached hydrogen (secondary N) is 2. The summed E-state index contributed by atoms with van der Waals surface area (Å²) in [4.78, 5) is 10.8. The highest BCUT2D eigenvalue weighted by molar-refractivity contribution is 7.87. The Morgan fingerprint density at radius 2 is 1.82 bits per heavy atom. The van der Waals surface area contributed by atoms with E-state index in [-0.39, 0.29) is 6.42 Å². The SMILES string of the molecule is CCC(C)(NS(=O)(=O)NCC(F)(F)F)C(=O)O. The van der Waals surface area contributed by atoms with Crippen molar-refractivity contribution in [1.29, 1.82) is 0 Å². The Balaban J connectivity index is 4.71. The van der Waals surface area contributed by atoms with E-state index in [1.54, 1.807) is 4.72 Å². The molecular weight excluding hydrogens is 265 g/mol. The fourth-order valence-electron chi connectivity index (χ4n) is 0.777. The first-order chi connectivity index (χ1) is 7.42. The second-order valence-electron chi connectivity index (χ2n) is 3.53. The Bertz CT molecular complexity index is 381. The largest absolute Gasteiger partial charge is 0.480 e. The lowest BCUT2D eigenvalue weighted by Crippen LogP contribution is -2.55. The van der Waals surface area contributed by atoms with Crippen molar-refractivity contribution in [2.24, 2.45) is 0 Å². The zero-order valence-corrected chi connectivity index (χ0v) is 9.94. The van der Waals surface area contributed by atoms with E-state index in [4.69, 9.17) is 5.11 Å². The molecule has 0 saturated heterocycles. The number of carbonyl (C=O) groups is 1. The summed E-state index contributed by atoms with van der Waals surface area (Å²) in [6.07, 6.45) is -4.82. The summed E-state index contributed by atoms with van der Waals surface area (Å²) < 4.78 is 60.6. The van der Waals surface area contributed by atoms with Crippen LogP contribution in [0.5, 0.6) is 0 Å². The second-order valence-corrected chi connectivity index (χ2v) is 5.03. The van der Waals surface area contributed by atoms with Crippen molar-refractivity contribution >= 4 is 16.2 Å². The van der Waals surface area contributed by atoms with Crippen LogP contribution in [0.3, 0.4) is 0 Å². The summed E-state index contributed by atoms with van der Waals surface area (Å²) in [5.41, 5.74) is -1.85. The van der Waals surface area contributed by atoms with Gasteiger partial charge in [0.2, 0.25) is 0 Å². The average Bonchev–Trinajstić information content (AvgIpc) is 2.13. The minimum Gasteiger partial charge on any atom is -0.480 e. The lowest BCUT2D eigenvalue weighted by atomic mass is 10.0. The lowest BCUT2D eigenvalue weighted by Gasteiger charge is -2.24. The highest BCUT2D eigenvalue weighted by Gasteiger charge is 2.37. The maximum absolute atomic E-state index is 11.8. The van der Waals surface area contributed by atoms with Gasteiger partial charge in [0.1, 0.15) is 12.1 Å². The van der Waals surface area contributed by atoms with E-state index in [2.05, 4.69) is 0 Å². The smallest absolute Gasteiger partial charge is 0.402 e. The number of hydrogen-bond acceptors (Lipinski definition) is 3. The van der Waals surface area contributed by atoms with Crippen molar-refractivity contribution in [3.05, 3.63) is 0 Å². The number of alkyl halides is 3. The molecule has 10 heteroatoms. The lowest BCUT2D eigenvalue weighted by molar-refractivity contribution is -0.143. The molecule has 1 atom stereocenters. The van der Waals surface area contributed by atoms with Crippen LogP contribution in [0.15, 0.2) is 0 Å². The third-order valence-corrected chi connectivity index (χ3v) is 3.25. The zero-order chi connectivity index (χ0) is 13.9. The van der Waals surface area contributed by atoms with Gasteiger partial charge in [-0.25, -0.2) is 0 Å². The van der Waals surface area contributed by atoms with Crippen molar-refractivity contribution in [1.82, 2.24) is 9.44 Å². The molecule has 6 nitrogen and oxygen atoms in total. The van der Waals surface area contributed by atoms with Crippen LogP contribution in [0.2, 0.25) is 0 Å². The molecule has 0 amide bonds. The summed E-state index contributed by atoms with van der Waals surface area (Å²) in [6, 6.07) is 0. The summed E-state index contributed by atoms with van der Waals surface area (Å²) in [6.45, 7) is 0.685. The number of hydrogen-bond donors (Lipinski definition) is 3. The Morgan fingerprint density at radius 1 is 1.35 bits per heavy atom. The van der Waals surface area contributed by atoms with Crippen molar-refractivity contribution in [3.63, 3.8) is 0 Å². The molecule has 0 fully saturated rings. The van der Waals surface area contributed by atoms with Gasteiger partial charge >= 0.3 is 12.1 Å². The predicted octanol–water partition coefficient (Wildman–Crippen LogP) is 0.226. The Hall–Kier alpha value is -0.870. The van der Waals surface area contributed by atoms with Gasteiger partial charge in [-0.05, 0) is 13.3 Å². The molecule has 0 aliphatic rings. The Labute approximate surface area is 96.4 Å². The van der Waals surface area contributed by atoms with Gasteiger partial charge < -0.3 is 5.11 Å². The average molecular weight is 278 g/mol. The summed E-state index contributed by atoms with van der Waals surface area (Å²) in [7, 11) is -4.53. The zero-order valence-electron chi connectivity index (χ0n) is 9.13. The van der Waals surface area contributed by atoms with Crippen LogP contribution < -0.4 is 9.44 Å². The van der Waals surface area contributed by atoms with Crippen molar-refractivity contribution in [2.45, 2.75) is 32.0 Å². The van der Waals surface area contributed by atoms with Crippen LogP contribution >= 0.6 is 0 Å². The summed E-state index contributed by atoms with van der Waals surface area (Å²) in [5, 5.41) is 8.75. The molecule has 0 radical (unpaired) electrons. The third kappa shape index (κ3) is 5.84. The molecule has 0 saturated carbocycles. The van der Waals surface area contributed by atoms with Gasteiger partial charge in [0.25, 0.3) is 10.2 Å². The fraction of sp³-hybridized carbons (Fsp3) is 0.857. The van der Waals surface area contributed by atoms with E-state index >= 15 is 0 Å². The molecule has 1 unspecified atom stereocenters. The molecule has 0 aliphatic heterocycles. The van der Waals surface area contributed by atoms with Gasteiger partial charge in [-0.2, -0.15) is 31.0 Å². The molecule has 0 aromatic rings. The third-order valence-electron chi connectivity index (χ3n) is 2.00. The number of carboxylic acids is 1. The normalized spacial score (nSPS) is 16.5. The minimum absolute atomic E-state index is 0.116. The maximum Gasteiger partial charge on any atom is 0.402 e. The van der Waals surface area contributed by atoms with E-state index in [0.29, 0.717) is 0 Å². The Kier molecular flexibility index (Phi) is 4.92. The number of rotatable bonds is 6. The van der Waals surface area contributed by atoms with Gasteiger partial charge in [0, 0.05) is 0 Å². The molecule has 17 heavy (non-hydrogen) atoms. The first-order valence-corrected chi connectivity index (χ1v) is 5.99. The predicted molar refractivity (Wildman–Crippen MR) is 52.4 cm³/mol. The van der Waals surface area contributed by atoms with E-state index in [0.717, 1.165) is 6.92 Å².